The SMILES string of the molecule is CCN(CC)C(=O)CNC(=O)NC(C(=O)N1CC(C)C[C@H]1C(=O)NC(CC1CCC1)C(=O)C(N)=O)C(C)(C)C. The molecule has 12 heteroatoms. The number of urea groups is 1. The van der Waals surface area contributed by atoms with Crippen molar-refractivity contribution in [2.75, 3.05) is 26.2 Å². The number of nitrogens with one attached hydrogen (secondary N) is 3. The number of carbonyl (C=O) groups excluding carboxylic acids is 6. The number of rotatable bonds is 12. The smallest absolute Gasteiger partial charge is 0.315 e. The molecule has 0 spiro atoms. The molecule has 0 radical (unpaired) electrons. The van der Waals surface area contributed by atoms with Crippen LogP contribution in [0.2, 0.25) is 0 Å². The van der Waals surface area contributed by atoms with Gasteiger partial charge in [-0.05, 0) is 43.9 Å². The van der Waals surface area contributed by atoms with Gasteiger partial charge >= 0.3 is 6.03 Å². The van der Waals surface area contributed by atoms with Crippen LogP contribution in [0.5, 0.6) is 0 Å². The van der Waals surface area contributed by atoms with Crippen LogP contribution in [0.1, 0.15) is 73.6 Å². The summed E-state index contributed by atoms with van der Waals surface area (Å²) < 4.78 is 0. The second-order valence-corrected chi connectivity index (χ2v) is 11.9. The highest BCUT2D eigenvalue weighted by atomic mass is 16.2. The Bertz CT molecular complexity index is 940. The molecule has 0 aromatic carbocycles. The number of amides is 6. The molecule has 1 heterocycles. The average Bonchev–Trinajstić information content (AvgIpc) is 3.23. The van der Waals surface area contributed by atoms with Crippen LogP contribution in [0.4, 0.5) is 4.79 Å². The molecule has 6 amide bonds. The van der Waals surface area contributed by atoms with Gasteiger partial charge in [0.05, 0.1) is 12.6 Å². The second kappa shape index (κ2) is 13.7. The van der Waals surface area contributed by atoms with E-state index in [2.05, 4.69) is 16.0 Å². The molecule has 1 aliphatic carbocycles. The van der Waals surface area contributed by atoms with Crippen LogP contribution in [0.3, 0.4) is 0 Å². The van der Waals surface area contributed by atoms with Crippen LogP contribution in [-0.4, -0.2) is 89.5 Å². The summed E-state index contributed by atoms with van der Waals surface area (Å²) >= 11 is 0. The predicted octanol–water partition coefficient (Wildman–Crippen LogP) is 0.535. The third kappa shape index (κ3) is 8.66. The van der Waals surface area contributed by atoms with E-state index < -0.39 is 53.1 Å². The molecular weight excluding hydrogens is 504 g/mol. The van der Waals surface area contributed by atoms with E-state index in [4.69, 9.17) is 5.73 Å². The maximum Gasteiger partial charge on any atom is 0.315 e. The third-order valence-corrected chi connectivity index (χ3v) is 7.67. The molecule has 2 rings (SSSR count). The molecule has 2 fully saturated rings. The lowest BCUT2D eigenvalue weighted by molar-refractivity contribution is -0.143. The molecule has 0 bridgehead atoms. The van der Waals surface area contributed by atoms with Crippen LogP contribution in [0.15, 0.2) is 0 Å². The molecule has 39 heavy (non-hydrogen) atoms. The first-order valence-corrected chi connectivity index (χ1v) is 14.0. The minimum Gasteiger partial charge on any atom is -0.363 e. The monoisotopic (exact) mass is 550 g/mol. The number of likely N-dealkylation sites (N-methyl/N-ethyl adjacent to an activating group) is 1. The average molecular weight is 551 g/mol. The molecule has 3 unspecified atom stereocenters. The maximum absolute atomic E-state index is 13.8. The molecule has 1 aliphatic heterocycles. The van der Waals surface area contributed by atoms with Crippen LogP contribution >= 0.6 is 0 Å². The fourth-order valence-corrected chi connectivity index (χ4v) is 5.11. The summed E-state index contributed by atoms with van der Waals surface area (Å²) in [5.41, 5.74) is 4.52. The van der Waals surface area contributed by atoms with Gasteiger partial charge in [-0.1, -0.05) is 47.0 Å². The first kappa shape index (κ1) is 32.0. The first-order chi connectivity index (χ1) is 18.2. The van der Waals surface area contributed by atoms with Crippen molar-refractivity contribution in [1.82, 2.24) is 25.8 Å². The molecule has 5 N–H and O–H groups in total. The highest BCUT2D eigenvalue weighted by molar-refractivity contribution is 6.37. The predicted molar refractivity (Wildman–Crippen MR) is 145 cm³/mol. The van der Waals surface area contributed by atoms with E-state index in [-0.39, 0.29) is 24.3 Å². The first-order valence-electron chi connectivity index (χ1n) is 14.0. The lowest BCUT2D eigenvalue weighted by Crippen LogP contribution is -2.60. The van der Waals surface area contributed by atoms with E-state index in [1.165, 1.54) is 4.90 Å². The molecule has 0 aromatic heterocycles. The molecule has 1 saturated heterocycles. The molecule has 220 valence electrons. The Morgan fingerprint density at radius 1 is 1.03 bits per heavy atom. The summed E-state index contributed by atoms with van der Waals surface area (Å²) in [6.07, 6.45) is 3.59. The number of nitrogens with zero attached hydrogens (tertiary/aromatic N) is 2. The summed E-state index contributed by atoms with van der Waals surface area (Å²) in [6.45, 7) is 12.1. The van der Waals surface area contributed by atoms with Crippen molar-refractivity contribution in [2.45, 2.75) is 91.8 Å². The van der Waals surface area contributed by atoms with Crippen LogP contribution in [0, 0.1) is 17.3 Å². The molecule has 12 nitrogen and oxygen atoms in total. The summed E-state index contributed by atoms with van der Waals surface area (Å²) in [7, 11) is 0. The molecule has 0 aromatic rings. The zero-order chi connectivity index (χ0) is 29.5. The Kier molecular flexibility index (Phi) is 11.3. The Labute approximate surface area is 231 Å². The van der Waals surface area contributed by atoms with Crippen molar-refractivity contribution >= 4 is 35.4 Å². The standard InChI is InChI=1S/C27H46N6O6/c1-7-32(8-2)20(34)14-29-26(39)31-22(27(4,5)6)25(38)33-15-16(3)12-19(33)24(37)30-18(21(35)23(28)36)13-17-10-9-11-17/h16-19,22H,7-15H2,1-6H3,(H2,28,36)(H,30,37)(H2,29,31,39)/t16?,18?,19-,22?/m0/s1. The fourth-order valence-electron chi connectivity index (χ4n) is 5.11. The van der Waals surface area contributed by atoms with Crippen molar-refractivity contribution < 1.29 is 28.8 Å². The highest BCUT2D eigenvalue weighted by Gasteiger charge is 2.45. The van der Waals surface area contributed by atoms with Crippen LogP contribution in [0.25, 0.3) is 0 Å². The van der Waals surface area contributed by atoms with Crippen molar-refractivity contribution in [3.63, 3.8) is 0 Å². The van der Waals surface area contributed by atoms with Gasteiger partial charge in [0.25, 0.3) is 5.91 Å². The largest absolute Gasteiger partial charge is 0.363 e. The van der Waals surface area contributed by atoms with Crippen molar-refractivity contribution in [3.8, 4) is 0 Å². The van der Waals surface area contributed by atoms with E-state index in [1.807, 2.05) is 20.8 Å². The molecular formula is C27H46N6O6. The lowest BCUT2D eigenvalue weighted by atomic mass is 9.80. The summed E-state index contributed by atoms with van der Waals surface area (Å²) in [4.78, 5) is 79.2. The maximum atomic E-state index is 13.8. The van der Waals surface area contributed by atoms with Gasteiger partial charge in [-0.25, -0.2) is 4.79 Å². The Hall–Kier alpha value is -3.18. The van der Waals surface area contributed by atoms with Gasteiger partial charge in [-0.15, -0.1) is 0 Å². The molecule has 1 saturated carbocycles. The minimum atomic E-state index is -1.10. The Morgan fingerprint density at radius 3 is 2.13 bits per heavy atom. The van der Waals surface area contributed by atoms with Gasteiger partial charge < -0.3 is 31.5 Å². The second-order valence-electron chi connectivity index (χ2n) is 11.9. The van der Waals surface area contributed by atoms with E-state index in [0.717, 1.165) is 19.3 Å². The number of primary amides is 1. The van der Waals surface area contributed by atoms with Crippen LogP contribution < -0.4 is 21.7 Å². The van der Waals surface area contributed by atoms with E-state index in [0.29, 0.717) is 32.5 Å². The van der Waals surface area contributed by atoms with Gasteiger partial charge in [0, 0.05) is 19.6 Å². The van der Waals surface area contributed by atoms with E-state index in [1.54, 1.807) is 25.7 Å². The van der Waals surface area contributed by atoms with Crippen molar-refractivity contribution in [1.29, 1.82) is 0 Å². The Morgan fingerprint density at radius 2 is 1.64 bits per heavy atom. The Balaban J connectivity index is 2.15. The van der Waals surface area contributed by atoms with Crippen molar-refractivity contribution in [3.05, 3.63) is 0 Å². The summed E-state index contributed by atoms with van der Waals surface area (Å²) in [5.74, 6) is -2.90. The summed E-state index contributed by atoms with van der Waals surface area (Å²) in [5, 5.41) is 7.91. The molecule has 2 aliphatic rings. The number of carbonyl (C=O) groups is 6. The quantitative estimate of drug-likeness (QED) is 0.258. The number of likely N-dealkylation sites (tertiary alicyclic amines) is 1. The zero-order valence-electron chi connectivity index (χ0n) is 24.2. The molecule has 4 atom stereocenters. The van der Waals surface area contributed by atoms with Crippen LogP contribution in [-0.2, 0) is 24.0 Å². The number of hydrogen-bond acceptors (Lipinski definition) is 6. The third-order valence-electron chi connectivity index (χ3n) is 7.67. The topological polar surface area (TPSA) is 171 Å². The normalized spacial score (nSPS) is 20.8. The number of hydrogen-bond donors (Lipinski definition) is 4. The van der Waals surface area contributed by atoms with Gasteiger partial charge in [-0.3, -0.25) is 24.0 Å². The summed E-state index contributed by atoms with van der Waals surface area (Å²) in [6, 6.07) is -3.54. The lowest BCUT2D eigenvalue weighted by Gasteiger charge is -2.36. The number of nitrogens with two attached hydrogens (primary N) is 1. The number of ketones is 1. The zero-order valence-corrected chi connectivity index (χ0v) is 24.2. The van der Waals surface area contributed by atoms with E-state index in [9.17, 15) is 28.8 Å². The highest BCUT2D eigenvalue weighted by Crippen LogP contribution is 2.31. The minimum absolute atomic E-state index is 0.00256. The van der Waals surface area contributed by atoms with Gasteiger partial charge in [0.15, 0.2) is 0 Å². The fraction of sp³-hybridized carbons (Fsp3) is 0.778. The number of Topliss-reactive ketones (excluding diaryl/α,β-unsaturated/α-hetero) is 1. The van der Waals surface area contributed by atoms with Gasteiger partial charge in [0.1, 0.15) is 12.1 Å². The van der Waals surface area contributed by atoms with E-state index >= 15 is 0 Å². The van der Waals surface area contributed by atoms with Gasteiger partial charge in [-0.2, -0.15) is 0 Å². The van der Waals surface area contributed by atoms with Crippen molar-refractivity contribution in [2.24, 2.45) is 23.0 Å². The van der Waals surface area contributed by atoms with Gasteiger partial charge in [0.2, 0.25) is 23.5 Å².